The van der Waals surface area contributed by atoms with Crippen LogP contribution in [-0.2, 0) is 27.3 Å². The molecule has 2 atom stereocenters. The molecule has 2 aliphatic heterocycles. The summed E-state index contributed by atoms with van der Waals surface area (Å²) in [4.78, 5) is 42.0. The van der Waals surface area contributed by atoms with Crippen molar-refractivity contribution in [2.24, 2.45) is 0 Å². The Morgan fingerprint density at radius 1 is 1.40 bits per heavy atom. The second-order valence-electron chi connectivity index (χ2n) is 4.98. The molecule has 0 aliphatic carbocycles. The maximum atomic E-state index is 12.1. The standard InChI is InChI=1S/C12H15N5O3/c18-10-2-1-6(11(19)17-10)16-12(20)8-3-7-9(4-13-8)15-5-14-7/h5-6,8,13H,1-4H2,(H,14,15)(H,16,20)(H,17,18,19). The van der Waals surface area contributed by atoms with E-state index in [1.165, 1.54) is 0 Å². The van der Waals surface area contributed by atoms with Crippen molar-refractivity contribution < 1.29 is 14.4 Å². The first-order valence-corrected chi connectivity index (χ1v) is 6.52. The number of H-pyrrole nitrogens is 1. The number of nitrogens with zero attached hydrogens (tertiary/aromatic N) is 1. The quantitative estimate of drug-likeness (QED) is 0.483. The second-order valence-corrected chi connectivity index (χ2v) is 4.98. The van der Waals surface area contributed by atoms with Gasteiger partial charge in [-0.05, 0) is 6.42 Å². The fourth-order valence-electron chi connectivity index (χ4n) is 2.46. The molecule has 106 valence electrons. The Morgan fingerprint density at radius 2 is 2.25 bits per heavy atom. The zero-order chi connectivity index (χ0) is 14.1. The van der Waals surface area contributed by atoms with Crippen LogP contribution in [0.2, 0.25) is 0 Å². The smallest absolute Gasteiger partial charge is 0.249 e. The number of imide groups is 1. The number of aromatic nitrogens is 2. The zero-order valence-electron chi connectivity index (χ0n) is 10.7. The van der Waals surface area contributed by atoms with E-state index in [4.69, 9.17) is 0 Å². The maximum Gasteiger partial charge on any atom is 0.249 e. The predicted molar refractivity (Wildman–Crippen MR) is 67.2 cm³/mol. The lowest BCUT2D eigenvalue weighted by atomic mass is 10.0. The molecule has 3 heterocycles. The first-order valence-electron chi connectivity index (χ1n) is 6.52. The topological polar surface area (TPSA) is 116 Å². The van der Waals surface area contributed by atoms with Gasteiger partial charge in [0.1, 0.15) is 6.04 Å². The number of hydrogen-bond acceptors (Lipinski definition) is 5. The molecule has 8 heteroatoms. The minimum absolute atomic E-state index is 0.242. The van der Waals surface area contributed by atoms with Gasteiger partial charge in [0.05, 0.1) is 23.8 Å². The predicted octanol–water partition coefficient (Wildman–Crippen LogP) is -1.65. The van der Waals surface area contributed by atoms with Crippen LogP contribution < -0.4 is 16.0 Å². The van der Waals surface area contributed by atoms with E-state index in [0.717, 1.165) is 11.4 Å². The lowest BCUT2D eigenvalue weighted by Crippen LogP contribution is -2.57. The third-order valence-electron chi connectivity index (χ3n) is 3.60. The minimum atomic E-state index is -0.636. The largest absolute Gasteiger partial charge is 0.347 e. The molecular weight excluding hydrogens is 262 g/mol. The van der Waals surface area contributed by atoms with Crippen LogP contribution in [0, 0.1) is 0 Å². The van der Waals surface area contributed by atoms with E-state index >= 15 is 0 Å². The Bertz CT molecular complexity index is 567. The summed E-state index contributed by atoms with van der Waals surface area (Å²) in [5.41, 5.74) is 1.85. The second kappa shape index (κ2) is 5.04. The highest BCUT2D eigenvalue weighted by atomic mass is 16.2. The molecule has 0 radical (unpaired) electrons. The number of piperidine rings is 1. The molecule has 0 aromatic carbocycles. The molecule has 0 bridgehead atoms. The van der Waals surface area contributed by atoms with E-state index in [9.17, 15) is 14.4 Å². The first-order chi connectivity index (χ1) is 9.63. The number of fused-ring (bicyclic) bond motifs is 1. The van der Waals surface area contributed by atoms with E-state index in [1.54, 1.807) is 6.33 Å². The molecule has 3 rings (SSSR count). The van der Waals surface area contributed by atoms with Gasteiger partial charge in [-0.25, -0.2) is 4.98 Å². The third kappa shape index (κ3) is 2.42. The van der Waals surface area contributed by atoms with Crippen LogP contribution in [-0.4, -0.2) is 39.8 Å². The van der Waals surface area contributed by atoms with E-state index in [0.29, 0.717) is 19.4 Å². The van der Waals surface area contributed by atoms with Crippen molar-refractivity contribution in [1.29, 1.82) is 0 Å². The number of carbonyl (C=O) groups is 3. The maximum absolute atomic E-state index is 12.1. The van der Waals surface area contributed by atoms with E-state index < -0.39 is 18.0 Å². The van der Waals surface area contributed by atoms with Gasteiger partial charge < -0.3 is 10.3 Å². The van der Waals surface area contributed by atoms with Crippen molar-refractivity contribution >= 4 is 17.7 Å². The molecule has 8 nitrogen and oxygen atoms in total. The lowest BCUT2D eigenvalue weighted by molar-refractivity contribution is -0.137. The minimum Gasteiger partial charge on any atom is -0.347 e. The van der Waals surface area contributed by atoms with Gasteiger partial charge in [-0.3, -0.25) is 25.0 Å². The van der Waals surface area contributed by atoms with Crippen molar-refractivity contribution in [1.82, 2.24) is 25.9 Å². The summed E-state index contributed by atoms with van der Waals surface area (Å²) in [7, 11) is 0. The Morgan fingerprint density at radius 3 is 3.05 bits per heavy atom. The Labute approximate surface area is 114 Å². The van der Waals surface area contributed by atoms with Gasteiger partial charge in [0, 0.05) is 19.4 Å². The van der Waals surface area contributed by atoms with Crippen LogP contribution >= 0.6 is 0 Å². The van der Waals surface area contributed by atoms with Crippen LogP contribution in [0.5, 0.6) is 0 Å². The fraction of sp³-hybridized carbons (Fsp3) is 0.500. The molecule has 3 amide bonds. The molecule has 2 aliphatic rings. The van der Waals surface area contributed by atoms with Gasteiger partial charge in [0.2, 0.25) is 17.7 Å². The van der Waals surface area contributed by atoms with Gasteiger partial charge in [-0.2, -0.15) is 0 Å². The molecule has 1 aromatic heterocycles. The summed E-state index contributed by atoms with van der Waals surface area (Å²) in [6, 6.07) is -1.04. The molecule has 20 heavy (non-hydrogen) atoms. The molecule has 1 aromatic rings. The summed E-state index contributed by atoms with van der Waals surface area (Å²) >= 11 is 0. The van der Waals surface area contributed by atoms with Gasteiger partial charge in [-0.1, -0.05) is 0 Å². The average molecular weight is 277 g/mol. The molecular formula is C12H15N5O3. The molecule has 0 spiro atoms. The number of rotatable bonds is 2. The molecule has 1 saturated heterocycles. The molecule has 1 fully saturated rings. The highest BCUT2D eigenvalue weighted by molar-refractivity contribution is 6.02. The summed E-state index contributed by atoms with van der Waals surface area (Å²) < 4.78 is 0. The first kappa shape index (κ1) is 12.8. The number of carbonyl (C=O) groups excluding carboxylic acids is 3. The molecule has 2 unspecified atom stereocenters. The normalized spacial score (nSPS) is 25.8. The number of amides is 3. The monoisotopic (exact) mass is 277 g/mol. The van der Waals surface area contributed by atoms with Crippen molar-refractivity contribution in [3.8, 4) is 0 Å². The number of nitrogens with one attached hydrogen (secondary N) is 4. The SMILES string of the molecule is O=C1CCC(NC(=O)C2Cc3nc[nH]c3CN2)C(=O)N1. The highest BCUT2D eigenvalue weighted by Gasteiger charge is 2.31. The fourth-order valence-corrected chi connectivity index (χ4v) is 2.46. The highest BCUT2D eigenvalue weighted by Crippen LogP contribution is 2.13. The van der Waals surface area contributed by atoms with E-state index in [1.807, 2.05) is 0 Å². The summed E-state index contributed by atoms with van der Waals surface area (Å²) in [6.07, 6.45) is 2.68. The van der Waals surface area contributed by atoms with Gasteiger partial charge in [0.25, 0.3) is 0 Å². The number of hydrogen-bond donors (Lipinski definition) is 4. The van der Waals surface area contributed by atoms with Gasteiger partial charge in [0.15, 0.2) is 0 Å². The Hall–Kier alpha value is -2.22. The van der Waals surface area contributed by atoms with Crippen LogP contribution in [0.25, 0.3) is 0 Å². The number of imidazole rings is 1. The van der Waals surface area contributed by atoms with Crippen molar-refractivity contribution in [3.63, 3.8) is 0 Å². The number of aromatic amines is 1. The van der Waals surface area contributed by atoms with Crippen LogP contribution in [0.3, 0.4) is 0 Å². The summed E-state index contributed by atoms with van der Waals surface area (Å²) in [6.45, 7) is 0.544. The van der Waals surface area contributed by atoms with Crippen LogP contribution in [0.1, 0.15) is 24.2 Å². The van der Waals surface area contributed by atoms with Gasteiger partial charge >= 0.3 is 0 Å². The molecule has 4 N–H and O–H groups in total. The third-order valence-corrected chi connectivity index (χ3v) is 3.60. The Kier molecular flexibility index (Phi) is 3.23. The summed E-state index contributed by atoms with van der Waals surface area (Å²) in [5.74, 6) is -0.975. The van der Waals surface area contributed by atoms with E-state index in [2.05, 4.69) is 25.9 Å². The lowest BCUT2D eigenvalue weighted by Gasteiger charge is -2.26. The van der Waals surface area contributed by atoms with Crippen molar-refractivity contribution in [2.75, 3.05) is 0 Å². The van der Waals surface area contributed by atoms with Crippen LogP contribution in [0.4, 0.5) is 0 Å². The van der Waals surface area contributed by atoms with Crippen molar-refractivity contribution in [3.05, 3.63) is 17.7 Å². The average Bonchev–Trinajstić information content (AvgIpc) is 2.89. The molecule has 0 saturated carbocycles. The Balaban J connectivity index is 1.60. The zero-order valence-corrected chi connectivity index (χ0v) is 10.7. The van der Waals surface area contributed by atoms with Gasteiger partial charge in [-0.15, -0.1) is 0 Å². The van der Waals surface area contributed by atoms with E-state index in [-0.39, 0.29) is 18.2 Å². The van der Waals surface area contributed by atoms with Crippen molar-refractivity contribution in [2.45, 2.75) is 37.9 Å². The van der Waals surface area contributed by atoms with Crippen LogP contribution in [0.15, 0.2) is 6.33 Å². The summed E-state index contributed by atoms with van der Waals surface area (Å²) in [5, 5.41) is 7.99.